The van der Waals surface area contributed by atoms with Crippen LogP contribution in [0, 0.1) is 0 Å². The number of nitrogens with one attached hydrogen (secondary N) is 1. The second kappa shape index (κ2) is 5.98. The first kappa shape index (κ1) is 13.1. The Bertz CT molecular complexity index is 432. The summed E-state index contributed by atoms with van der Waals surface area (Å²) in [6, 6.07) is 6.61. The summed E-state index contributed by atoms with van der Waals surface area (Å²) < 4.78 is 0. The van der Waals surface area contributed by atoms with Gasteiger partial charge in [0.2, 0.25) is 5.91 Å². The van der Waals surface area contributed by atoms with Crippen molar-refractivity contribution in [3.63, 3.8) is 0 Å². The molecule has 4 nitrogen and oxygen atoms in total. The first-order chi connectivity index (χ1) is 8.66. The van der Waals surface area contributed by atoms with Crippen LogP contribution in [0.15, 0.2) is 18.2 Å². The number of fused-ring (bicyclic) bond motifs is 1. The van der Waals surface area contributed by atoms with Gasteiger partial charge >= 0.3 is 0 Å². The van der Waals surface area contributed by atoms with Crippen molar-refractivity contribution in [2.75, 3.05) is 6.61 Å². The van der Waals surface area contributed by atoms with Gasteiger partial charge < -0.3 is 5.73 Å². The Balaban J connectivity index is 1.97. The molecule has 0 spiro atoms. The van der Waals surface area contributed by atoms with Crippen molar-refractivity contribution in [2.24, 2.45) is 5.73 Å². The molecule has 0 radical (unpaired) electrons. The van der Waals surface area contributed by atoms with Crippen molar-refractivity contribution in [3.8, 4) is 0 Å². The number of benzene rings is 1. The van der Waals surface area contributed by atoms with Gasteiger partial charge in [-0.25, -0.2) is 0 Å². The van der Waals surface area contributed by atoms with Crippen molar-refractivity contribution < 1.29 is 9.63 Å². The van der Waals surface area contributed by atoms with Crippen LogP contribution in [0.25, 0.3) is 0 Å². The molecule has 1 aromatic carbocycles. The highest BCUT2D eigenvalue weighted by Gasteiger charge is 2.12. The van der Waals surface area contributed by atoms with Crippen LogP contribution in [0.1, 0.15) is 42.5 Å². The van der Waals surface area contributed by atoms with E-state index in [2.05, 4.69) is 23.7 Å². The average molecular weight is 248 g/mol. The number of aryl methyl sites for hydroxylation is 2. The summed E-state index contributed by atoms with van der Waals surface area (Å²) in [5, 5.41) is 0. The first-order valence-electron chi connectivity index (χ1n) is 6.44. The third kappa shape index (κ3) is 3.31. The normalized spacial score (nSPS) is 16.1. The number of amides is 1. The van der Waals surface area contributed by atoms with Gasteiger partial charge in [0, 0.05) is 0 Å². The predicted octanol–water partition coefficient (Wildman–Crippen LogP) is 1.63. The summed E-state index contributed by atoms with van der Waals surface area (Å²) in [5.74, 6) is -0.472. The molecule has 98 valence electrons. The quantitative estimate of drug-likeness (QED) is 0.778. The Hall–Kier alpha value is -1.39. The lowest BCUT2D eigenvalue weighted by atomic mass is 9.89. The van der Waals surface area contributed by atoms with E-state index in [1.54, 1.807) is 0 Å². The number of hydrogen-bond donors (Lipinski definition) is 2. The van der Waals surface area contributed by atoms with Crippen molar-refractivity contribution in [2.45, 2.75) is 38.6 Å². The molecule has 1 aromatic rings. The number of primary amides is 1. The molecule has 0 bridgehead atoms. The van der Waals surface area contributed by atoms with Crippen LogP contribution in [-0.4, -0.2) is 12.5 Å². The van der Waals surface area contributed by atoms with Crippen molar-refractivity contribution in [1.29, 1.82) is 0 Å². The van der Waals surface area contributed by atoms with E-state index in [1.807, 2.05) is 6.92 Å². The first-order valence-corrected chi connectivity index (χ1v) is 6.44. The molecule has 0 saturated carbocycles. The standard InChI is InChI=1S/C14H20N2O2/c1-10(16-18-9-14(15)17)12-7-6-11-4-2-3-5-13(11)8-12/h6-8,10,16H,2-5,9H2,1H3,(H2,15,17). The molecule has 1 aliphatic carbocycles. The Labute approximate surface area is 107 Å². The summed E-state index contributed by atoms with van der Waals surface area (Å²) in [7, 11) is 0. The topological polar surface area (TPSA) is 64.3 Å². The second-order valence-corrected chi connectivity index (χ2v) is 4.83. The van der Waals surface area contributed by atoms with Gasteiger partial charge in [-0.05, 0) is 49.3 Å². The van der Waals surface area contributed by atoms with Gasteiger partial charge in [0.1, 0.15) is 6.61 Å². The molecule has 0 fully saturated rings. The molecule has 3 N–H and O–H groups in total. The summed E-state index contributed by atoms with van der Waals surface area (Å²) >= 11 is 0. The largest absolute Gasteiger partial charge is 0.368 e. The van der Waals surface area contributed by atoms with Gasteiger partial charge in [-0.1, -0.05) is 18.2 Å². The summed E-state index contributed by atoms with van der Waals surface area (Å²) in [6.45, 7) is 1.90. The van der Waals surface area contributed by atoms with E-state index < -0.39 is 5.91 Å². The van der Waals surface area contributed by atoms with Crippen molar-refractivity contribution in [3.05, 3.63) is 34.9 Å². The minimum absolute atomic E-state index is 0.0524. The van der Waals surface area contributed by atoms with Crippen molar-refractivity contribution in [1.82, 2.24) is 5.48 Å². The molecular weight excluding hydrogens is 228 g/mol. The van der Waals surface area contributed by atoms with Crippen LogP contribution in [0.5, 0.6) is 0 Å². The zero-order chi connectivity index (χ0) is 13.0. The highest BCUT2D eigenvalue weighted by atomic mass is 16.6. The molecule has 18 heavy (non-hydrogen) atoms. The number of nitrogens with two attached hydrogens (primary N) is 1. The lowest BCUT2D eigenvalue weighted by Gasteiger charge is -2.19. The maximum atomic E-state index is 10.6. The lowest BCUT2D eigenvalue weighted by molar-refractivity contribution is -0.126. The van der Waals surface area contributed by atoms with Crippen LogP contribution in [-0.2, 0) is 22.5 Å². The number of hydrogen-bond acceptors (Lipinski definition) is 3. The zero-order valence-corrected chi connectivity index (χ0v) is 10.7. The van der Waals surface area contributed by atoms with E-state index >= 15 is 0 Å². The Morgan fingerprint density at radius 2 is 2.11 bits per heavy atom. The number of carbonyl (C=O) groups excluding carboxylic acids is 1. The molecular formula is C14H20N2O2. The van der Waals surface area contributed by atoms with Crippen LogP contribution >= 0.6 is 0 Å². The minimum atomic E-state index is -0.472. The molecule has 1 amide bonds. The molecule has 1 atom stereocenters. The van der Waals surface area contributed by atoms with Crippen molar-refractivity contribution >= 4 is 5.91 Å². The summed E-state index contributed by atoms with van der Waals surface area (Å²) in [5.41, 5.74) is 11.9. The fraction of sp³-hybridized carbons (Fsp3) is 0.500. The molecule has 0 aliphatic heterocycles. The van der Waals surface area contributed by atoms with Gasteiger partial charge in [0.25, 0.3) is 0 Å². The van der Waals surface area contributed by atoms with Gasteiger partial charge in [-0.3, -0.25) is 9.63 Å². The smallest absolute Gasteiger partial charge is 0.245 e. The lowest BCUT2D eigenvalue weighted by Crippen LogP contribution is -2.26. The van der Waals surface area contributed by atoms with E-state index in [0.717, 1.165) is 6.42 Å². The summed E-state index contributed by atoms with van der Waals surface area (Å²) in [4.78, 5) is 15.6. The van der Waals surface area contributed by atoms with Crippen LogP contribution in [0.2, 0.25) is 0 Å². The fourth-order valence-corrected chi connectivity index (χ4v) is 2.33. The average Bonchev–Trinajstić information content (AvgIpc) is 2.37. The maximum Gasteiger partial charge on any atom is 0.245 e. The molecule has 0 saturated heterocycles. The number of rotatable bonds is 5. The minimum Gasteiger partial charge on any atom is -0.368 e. The molecule has 1 unspecified atom stereocenters. The van der Waals surface area contributed by atoms with Gasteiger partial charge in [0.05, 0.1) is 6.04 Å². The number of hydroxylamine groups is 1. The fourth-order valence-electron chi connectivity index (χ4n) is 2.33. The Morgan fingerprint density at radius 3 is 2.83 bits per heavy atom. The molecule has 2 rings (SSSR count). The van der Waals surface area contributed by atoms with E-state index in [9.17, 15) is 4.79 Å². The van der Waals surface area contributed by atoms with E-state index in [1.165, 1.54) is 36.0 Å². The molecule has 1 aliphatic rings. The Morgan fingerprint density at radius 1 is 1.39 bits per heavy atom. The number of carbonyl (C=O) groups is 1. The van der Waals surface area contributed by atoms with E-state index in [-0.39, 0.29) is 12.6 Å². The monoisotopic (exact) mass is 248 g/mol. The molecule has 0 aromatic heterocycles. The Kier molecular flexibility index (Phi) is 4.33. The SMILES string of the molecule is CC(NOCC(N)=O)c1ccc2c(c1)CCCC2. The van der Waals surface area contributed by atoms with Gasteiger partial charge in [0.15, 0.2) is 0 Å². The van der Waals surface area contributed by atoms with E-state index in [0.29, 0.717) is 0 Å². The molecule has 0 heterocycles. The van der Waals surface area contributed by atoms with Gasteiger partial charge in [-0.15, -0.1) is 0 Å². The van der Waals surface area contributed by atoms with Crippen LogP contribution in [0.3, 0.4) is 0 Å². The second-order valence-electron chi connectivity index (χ2n) is 4.83. The highest BCUT2D eigenvalue weighted by Crippen LogP contribution is 2.24. The predicted molar refractivity (Wildman–Crippen MR) is 69.8 cm³/mol. The maximum absolute atomic E-state index is 10.6. The van der Waals surface area contributed by atoms with E-state index in [4.69, 9.17) is 10.6 Å². The highest BCUT2D eigenvalue weighted by molar-refractivity contribution is 5.74. The third-order valence-electron chi connectivity index (χ3n) is 3.35. The van der Waals surface area contributed by atoms with Crippen LogP contribution in [0.4, 0.5) is 0 Å². The third-order valence-corrected chi connectivity index (χ3v) is 3.35. The summed E-state index contributed by atoms with van der Waals surface area (Å²) in [6.07, 6.45) is 4.92. The van der Waals surface area contributed by atoms with Gasteiger partial charge in [-0.2, -0.15) is 5.48 Å². The van der Waals surface area contributed by atoms with Crippen LogP contribution < -0.4 is 11.2 Å². The molecule has 4 heteroatoms. The zero-order valence-electron chi connectivity index (χ0n) is 10.7.